The zero-order chi connectivity index (χ0) is 15.2. The molecule has 2 rings (SSSR count). The van der Waals surface area contributed by atoms with Crippen LogP contribution in [-0.4, -0.2) is 12.5 Å². The van der Waals surface area contributed by atoms with Crippen LogP contribution in [0.1, 0.15) is 18.5 Å². The van der Waals surface area contributed by atoms with E-state index in [0.717, 1.165) is 5.56 Å². The van der Waals surface area contributed by atoms with Crippen molar-refractivity contribution in [3.63, 3.8) is 0 Å². The first kappa shape index (κ1) is 15.0. The van der Waals surface area contributed by atoms with Crippen LogP contribution < -0.4 is 10.1 Å². The lowest BCUT2D eigenvalue weighted by molar-refractivity contribution is -0.123. The summed E-state index contributed by atoms with van der Waals surface area (Å²) < 4.78 is 31.0. The first-order valence-corrected chi connectivity index (χ1v) is 6.48. The standard InChI is InChI=1S/C16H15F2NO2/c1-11(12-5-7-13(17)8-6-12)19-16(20)10-21-15-4-2-3-14(18)9-15/h2-9,11H,10H2,1H3,(H,19,20)/t11-/m0/s1. The largest absolute Gasteiger partial charge is 0.484 e. The fourth-order valence-electron chi connectivity index (χ4n) is 1.82. The molecule has 0 bridgehead atoms. The summed E-state index contributed by atoms with van der Waals surface area (Å²) in [4.78, 5) is 11.7. The molecule has 0 aliphatic carbocycles. The summed E-state index contributed by atoms with van der Waals surface area (Å²) in [5.41, 5.74) is 0.788. The maximum atomic E-state index is 12.9. The van der Waals surface area contributed by atoms with E-state index in [1.54, 1.807) is 25.1 Å². The van der Waals surface area contributed by atoms with Gasteiger partial charge in [0.05, 0.1) is 6.04 Å². The second-order valence-corrected chi connectivity index (χ2v) is 4.59. The van der Waals surface area contributed by atoms with Gasteiger partial charge in [0, 0.05) is 6.07 Å². The zero-order valence-electron chi connectivity index (χ0n) is 11.5. The van der Waals surface area contributed by atoms with Crippen LogP contribution in [0.2, 0.25) is 0 Å². The van der Waals surface area contributed by atoms with Crippen LogP contribution in [0.25, 0.3) is 0 Å². The van der Waals surface area contributed by atoms with Crippen LogP contribution in [-0.2, 0) is 4.79 Å². The average molecular weight is 291 g/mol. The van der Waals surface area contributed by atoms with E-state index in [1.165, 1.54) is 30.3 Å². The monoisotopic (exact) mass is 291 g/mol. The second kappa shape index (κ2) is 6.83. The highest BCUT2D eigenvalue weighted by Gasteiger charge is 2.10. The highest BCUT2D eigenvalue weighted by atomic mass is 19.1. The summed E-state index contributed by atoms with van der Waals surface area (Å²) in [5.74, 6) is -0.796. The van der Waals surface area contributed by atoms with E-state index in [4.69, 9.17) is 4.74 Å². The Bertz CT molecular complexity index is 614. The number of carbonyl (C=O) groups excluding carboxylic acids is 1. The van der Waals surface area contributed by atoms with Crippen LogP contribution in [0.4, 0.5) is 8.78 Å². The predicted octanol–water partition coefficient (Wildman–Crippen LogP) is 3.22. The molecule has 0 aliphatic heterocycles. The van der Waals surface area contributed by atoms with E-state index in [0.29, 0.717) is 5.75 Å². The normalized spacial score (nSPS) is 11.8. The summed E-state index contributed by atoms with van der Waals surface area (Å²) in [7, 11) is 0. The molecule has 0 aliphatic rings. The molecule has 2 aromatic rings. The van der Waals surface area contributed by atoms with Crippen LogP contribution in [0, 0.1) is 11.6 Å². The molecule has 0 unspecified atom stereocenters. The van der Waals surface area contributed by atoms with E-state index in [2.05, 4.69) is 5.32 Å². The Morgan fingerprint density at radius 3 is 2.52 bits per heavy atom. The SMILES string of the molecule is C[C@H](NC(=O)COc1cccc(F)c1)c1ccc(F)cc1. The number of halogens is 2. The van der Waals surface area contributed by atoms with Gasteiger partial charge in [0.15, 0.2) is 6.61 Å². The molecule has 0 saturated heterocycles. The molecule has 0 fully saturated rings. The Balaban J connectivity index is 1.85. The van der Waals surface area contributed by atoms with Crippen molar-refractivity contribution < 1.29 is 18.3 Å². The summed E-state index contributed by atoms with van der Waals surface area (Å²) in [6.45, 7) is 1.57. The number of rotatable bonds is 5. The third-order valence-electron chi connectivity index (χ3n) is 2.91. The lowest BCUT2D eigenvalue weighted by Gasteiger charge is -2.14. The van der Waals surface area contributed by atoms with Gasteiger partial charge in [-0.25, -0.2) is 8.78 Å². The van der Waals surface area contributed by atoms with Gasteiger partial charge >= 0.3 is 0 Å². The van der Waals surface area contributed by atoms with E-state index in [1.807, 2.05) is 0 Å². The molecule has 5 heteroatoms. The molecule has 110 valence electrons. The molecule has 3 nitrogen and oxygen atoms in total. The van der Waals surface area contributed by atoms with Gasteiger partial charge in [-0.15, -0.1) is 0 Å². The van der Waals surface area contributed by atoms with Crippen molar-refractivity contribution in [2.75, 3.05) is 6.61 Å². The average Bonchev–Trinajstić information content (AvgIpc) is 2.46. The van der Waals surface area contributed by atoms with Crippen LogP contribution in [0.3, 0.4) is 0 Å². The summed E-state index contributed by atoms with van der Waals surface area (Å²) in [6, 6.07) is 11.2. The van der Waals surface area contributed by atoms with Crippen molar-refractivity contribution in [3.05, 3.63) is 65.7 Å². The van der Waals surface area contributed by atoms with Crippen molar-refractivity contribution in [1.82, 2.24) is 5.32 Å². The highest BCUT2D eigenvalue weighted by molar-refractivity contribution is 5.78. The Labute approximate surface area is 121 Å². The minimum absolute atomic E-state index is 0.213. The number of hydrogen-bond acceptors (Lipinski definition) is 2. The molecule has 0 spiro atoms. The Morgan fingerprint density at radius 1 is 1.14 bits per heavy atom. The fraction of sp³-hybridized carbons (Fsp3) is 0.188. The van der Waals surface area contributed by atoms with Gasteiger partial charge in [0.2, 0.25) is 0 Å². The molecular weight excluding hydrogens is 276 g/mol. The van der Waals surface area contributed by atoms with Gasteiger partial charge in [-0.05, 0) is 36.8 Å². The van der Waals surface area contributed by atoms with E-state index in [-0.39, 0.29) is 24.4 Å². The van der Waals surface area contributed by atoms with E-state index >= 15 is 0 Å². The Morgan fingerprint density at radius 2 is 1.86 bits per heavy atom. The van der Waals surface area contributed by atoms with E-state index < -0.39 is 5.82 Å². The maximum absolute atomic E-state index is 12.9. The van der Waals surface area contributed by atoms with Gasteiger partial charge in [0.25, 0.3) is 5.91 Å². The van der Waals surface area contributed by atoms with Gasteiger partial charge in [0.1, 0.15) is 17.4 Å². The van der Waals surface area contributed by atoms with Crippen molar-refractivity contribution in [2.24, 2.45) is 0 Å². The minimum Gasteiger partial charge on any atom is -0.484 e. The Kier molecular flexibility index (Phi) is 4.87. The molecule has 1 N–H and O–H groups in total. The predicted molar refractivity (Wildman–Crippen MR) is 74.9 cm³/mol. The van der Waals surface area contributed by atoms with Gasteiger partial charge < -0.3 is 10.1 Å². The maximum Gasteiger partial charge on any atom is 0.258 e. The second-order valence-electron chi connectivity index (χ2n) is 4.59. The smallest absolute Gasteiger partial charge is 0.258 e. The van der Waals surface area contributed by atoms with Crippen LogP contribution in [0.15, 0.2) is 48.5 Å². The number of hydrogen-bond donors (Lipinski definition) is 1. The van der Waals surface area contributed by atoms with Crippen molar-refractivity contribution in [1.29, 1.82) is 0 Å². The van der Waals surface area contributed by atoms with Crippen molar-refractivity contribution in [2.45, 2.75) is 13.0 Å². The number of benzene rings is 2. The summed E-state index contributed by atoms with van der Waals surface area (Å²) >= 11 is 0. The minimum atomic E-state index is -0.424. The summed E-state index contributed by atoms with van der Waals surface area (Å²) in [6.07, 6.45) is 0. The number of ether oxygens (including phenoxy) is 1. The highest BCUT2D eigenvalue weighted by Crippen LogP contribution is 2.14. The topological polar surface area (TPSA) is 38.3 Å². The van der Waals surface area contributed by atoms with Crippen molar-refractivity contribution in [3.8, 4) is 5.75 Å². The third-order valence-corrected chi connectivity index (χ3v) is 2.91. The number of amides is 1. The first-order chi connectivity index (χ1) is 10.0. The van der Waals surface area contributed by atoms with E-state index in [9.17, 15) is 13.6 Å². The first-order valence-electron chi connectivity index (χ1n) is 6.48. The molecule has 1 atom stereocenters. The van der Waals surface area contributed by atoms with Crippen LogP contribution in [0.5, 0.6) is 5.75 Å². The third kappa shape index (κ3) is 4.56. The number of carbonyl (C=O) groups is 1. The fourth-order valence-corrected chi connectivity index (χ4v) is 1.82. The van der Waals surface area contributed by atoms with Gasteiger partial charge in [-0.3, -0.25) is 4.79 Å². The van der Waals surface area contributed by atoms with Gasteiger partial charge in [-0.2, -0.15) is 0 Å². The number of nitrogens with one attached hydrogen (secondary N) is 1. The molecule has 0 heterocycles. The quantitative estimate of drug-likeness (QED) is 0.918. The lowest BCUT2D eigenvalue weighted by Crippen LogP contribution is -2.31. The molecule has 0 radical (unpaired) electrons. The molecular formula is C16H15F2NO2. The molecule has 0 saturated carbocycles. The van der Waals surface area contributed by atoms with Crippen LogP contribution >= 0.6 is 0 Å². The zero-order valence-corrected chi connectivity index (χ0v) is 11.5. The molecule has 0 aromatic heterocycles. The molecule has 2 aromatic carbocycles. The van der Waals surface area contributed by atoms with Gasteiger partial charge in [-0.1, -0.05) is 18.2 Å². The Hall–Kier alpha value is -2.43. The lowest BCUT2D eigenvalue weighted by atomic mass is 10.1. The molecule has 1 amide bonds. The summed E-state index contributed by atoms with van der Waals surface area (Å²) in [5, 5.41) is 2.72. The van der Waals surface area contributed by atoms with Crippen molar-refractivity contribution >= 4 is 5.91 Å². The molecule has 21 heavy (non-hydrogen) atoms.